The third-order valence-electron chi connectivity index (χ3n) is 2.40. The molecule has 1 aromatic carbocycles. The smallest absolute Gasteiger partial charge is 0.0442 e. The lowest BCUT2D eigenvalue weighted by Gasteiger charge is -2.28. The Hall–Kier alpha value is -0.630. The Morgan fingerprint density at radius 3 is 2.77 bits per heavy atom. The van der Waals surface area contributed by atoms with Crippen molar-refractivity contribution < 1.29 is 0 Å². The van der Waals surface area contributed by atoms with E-state index >= 15 is 0 Å². The number of aryl methyl sites for hydroxylation is 1. The van der Waals surface area contributed by atoms with Gasteiger partial charge < -0.3 is 5.32 Å². The first kappa shape index (κ1) is 8.95. The van der Waals surface area contributed by atoms with E-state index in [0.29, 0.717) is 6.04 Å². The van der Waals surface area contributed by atoms with Gasteiger partial charge >= 0.3 is 0 Å². The van der Waals surface area contributed by atoms with Crippen molar-refractivity contribution in [1.82, 2.24) is 0 Å². The summed E-state index contributed by atoms with van der Waals surface area (Å²) in [5, 5.41) is 3.58. The van der Waals surface area contributed by atoms with Gasteiger partial charge in [-0.3, -0.25) is 0 Å². The molecule has 0 bridgehead atoms. The molecule has 0 unspecified atom stereocenters. The number of rotatable bonds is 3. The van der Waals surface area contributed by atoms with Crippen LogP contribution >= 0.6 is 11.8 Å². The van der Waals surface area contributed by atoms with Crippen molar-refractivity contribution in [2.45, 2.75) is 19.4 Å². The number of hydrogen-bond acceptors (Lipinski definition) is 2. The summed E-state index contributed by atoms with van der Waals surface area (Å²) in [4.78, 5) is 0. The predicted octanol–water partition coefficient (Wildman–Crippen LogP) is 2.78. The molecular formula is C11H15NS. The van der Waals surface area contributed by atoms with E-state index in [1.165, 1.54) is 22.8 Å². The second kappa shape index (κ2) is 4.05. The lowest BCUT2D eigenvalue weighted by atomic mass is 10.1. The van der Waals surface area contributed by atoms with E-state index in [-0.39, 0.29) is 0 Å². The van der Waals surface area contributed by atoms with Crippen LogP contribution in [0.3, 0.4) is 0 Å². The van der Waals surface area contributed by atoms with Crippen molar-refractivity contribution in [3.8, 4) is 0 Å². The van der Waals surface area contributed by atoms with Crippen molar-refractivity contribution in [2.24, 2.45) is 0 Å². The van der Waals surface area contributed by atoms with Crippen LogP contribution in [0.15, 0.2) is 24.3 Å². The summed E-state index contributed by atoms with van der Waals surface area (Å²) in [7, 11) is 0. The number of nitrogens with one attached hydrogen (secondary N) is 1. The fourth-order valence-electron chi connectivity index (χ4n) is 1.51. The second-order valence-electron chi connectivity index (χ2n) is 3.39. The molecule has 0 saturated carbocycles. The van der Waals surface area contributed by atoms with Crippen LogP contribution < -0.4 is 5.32 Å². The molecular weight excluding hydrogens is 178 g/mol. The summed E-state index contributed by atoms with van der Waals surface area (Å²) < 4.78 is 0. The van der Waals surface area contributed by atoms with Gasteiger partial charge in [0.25, 0.3) is 0 Å². The average molecular weight is 193 g/mol. The van der Waals surface area contributed by atoms with Gasteiger partial charge in [-0.2, -0.15) is 11.8 Å². The lowest BCUT2D eigenvalue weighted by molar-refractivity contribution is 0.877. The van der Waals surface area contributed by atoms with Crippen LogP contribution in [0.4, 0.5) is 5.69 Å². The molecule has 1 nitrogen and oxygen atoms in total. The van der Waals surface area contributed by atoms with Gasteiger partial charge in [0.2, 0.25) is 0 Å². The summed E-state index contributed by atoms with van der Waals surface area (Å²) in [6, 6.07) is 9.31. The number of anilines is 1. The molecule has 2 rings (SSSR count). The monoisotopic (exact) mass is 193 g/mol. The van der Waals surface area contributed by atoms with Gasteiger partial charge in [0.05, 0.1) is 0 Å². The second-order valence-corrected chi connectivity index (χ2v) is 4.46. The fourth-order valence-corrected chi connectivity index (χ4v) is 2.15. The van der Waals surface area contributed by atoms with E-state index < -0.39 is 0 Å². The first-order chi connectivity index (χ1) is 6.40. The molecule has 1 N–H and O–H groups in total. The molecule has 1 aliphatic heterocycles. The fraction of sp³-hybridized carbons (Fsp3) is 0.455. The van der Waals surface area contributed by atoms with Gasteiger partial charge in [0, 0.05) is 23.2 Å². The highest BCUT2D eigenvalue weighted by Crippen LogP contribution is 2.24. The molecule has 1 fully saturated rings. The van der Waals surface area contributed by atoms with E-state index in [1.807, 2.05) is 11.8 Å². The van der Waals surface area contributed by atoms with Crippen LogP contribution in [-0.2, 0) is 6.42 Å². The zero-order valence-electron chi connectivity index (χ0n) is 7.92. The Balaban J connectivity index is 2.08. The van der Waals surface area contributed by atoms with Gasteiger partial charge in [-0.25, -0.2) is 0 Å². The molecule has 2 heteroatoms. The molecule has 0 aliphatic carbocycles. The molecule has 0 atom stereocenters. The summed E-state index contributed by atoms with van der Waals surface area (Å²) in [6.45, 7) is 2.20. The van der Waals surface area contributed by atoms with Crippen LogP contribution in [0.1, 0.15) is 12.5 Å². The van der Waals surface area contributed by atoms with Gasteiger partial charge in [-0.15, -0.1) is 0 Å². The highest BCUT2D eigenvalue weighted by Gasteiger charge is 2.17. The molecule has 0 aromatic heterocycles. The molecule has 1 aromatic rings. The van der Waals surface area contributed by atoms with Gasteiger partial charge in [-0.1, -0.05) is 25.1 Å². The molecule has 1 aliphatic rings. The van der Waals surface area contributed by atoms with E-state index in [1.54, 1.807) is 0 Å². The Morgan fingerprint density at radius 1 is 1.38 bits per heavy atom. The first-order valence-electron chi connectivity index (χ1n) is 4.82. The largest absolute Gasteiger partial charge is 0.380 e. The quantitative estimate of drug-likeness (QED) is 0.792. The molecule has 0 radical (unpaired) electrons. The highest BCUT2D eigenvalue weighted by atomic mass is 32.2. The van der Waals surface area contributed by atoms with Crippen LogP contribution in [0.5, 0.6) is 0 Å². The van der Waals surface area contributed by atoms with Crippen molar-refractivity contribution in [1.29, 1.82) is 0 Å². The van der Waals surface area contributed by atoms with Crippen LogP contribution in [0.25, 0.3) is 0 Å². The standard InChI is InChI=1S/C11H15NS/c1-2-9-5-3-4-6-11(9)12-10-7-13-8-10/h3-6,10,12H,2,7-8H2,1H3. The SMILES string of the molecule is CCc1ccccc1NC1CSC1. The third-order valence-corrected chi connectivity index (χ3v) is 3.67. The van der Waals surface area contributed by atoms with E-state index in [0.717, 1.165) is 6.42 Å². The highest BCUT2D eigenvalue weighted by molar-refractivity contribution is 8.00. The summed E-state index contributed by atoms with van der Waals surface area (Å²) in [5.74, 6) is 2.52. The Kier molecular flexibility index (Phi) is 2.79. The zero-order chi connectivity index (χ0) is 9.10. The molecule has 1 saturated heterocycles. The minimum absolute atomic E-state index is 0.706. The third kappa shape index (κ3) is 1.99. The normalized spacial score (nSPS) is 16.7. The summed E-state index contributed by atoms with van der Waals surface area (Å²) >= 11 is 2.02. The van der Waals surface area contributed by atoms with Gasteiger partial charge in [-0.05, 0) is 18.1 Å². The maximum Gasteiger partial charge on any atom is 0.0442 e. The summed E-state index contributed by atoms with van der Waals surface area (Å²) in [5.41, 5.74) is 2.76. The van der Waals surface area contributed by atoms with E-state index in [9.17, 15) is 0 Å². The zero-order valence-corrected chi connectivity index (χ0v) is 8.73. The first-order valence-corrected chi connectivity index (χ1v) is 5.98. The minimum Gasteiger partial charge on any atom is -0.380 e. The molecule has 0 amide bonds. The topological polar surface area (TPSA) is 12.0 Å². The number of benzene rings is 1. The van der Waals surface area contributed by atoms with Gasteiger partial charge in [0.1, 0.15) is 0 Å². The lowest BCUT2D eigenvalue weighted by Crippen LogP contribution is -2.33. The van der Waals surface area contributed by atoms with Gasteiger partial charge in [0.15, 0.2) is 0 Å². The average Bonchev–Trinajstić information content (AvgIpc) is 2.12. The summed E-state index contributed by atoms with van der Waals surface area (Å²) in [6.07, 6.45) is 1.11. The van der Waals surface area contributed by atoms with Crippen molar-refractivity contribution in [2.75, 3.05) is 16.8 Å². The van der Waals surface area contributed by atoms with Crippen LogP contribution in [0.2, 0.25) is 0 Å². The number of thioether (sulfide) groups is 1. The Bertz CT molecular complexity index is 281. The van der Waals surface area contributed by atoms with Crippen molar-refractivity contribution >= 4 is 17.4 Å². The number of para-hydroxylation sites is 1. The minimum atomic E-state index is 0.706. The Morgan fingerprint density at radius 2 is 2.15 bits per heavy atom. The van der Waals surface area contributed by atoms with Crippen molar-refractivity contribution in [3.05, 3.63) is 29.8 Å². The van der Waals surface area contributed by atoms with E-state index in [4.69, 9.17) is 0 Å². The number of hydrogen-bond donors (Lipinski definition) is 1. The molecule has 13 heavy (non-hydrogen) atoms. The van der Waals surface area contributed by atoms with Crippen LogP contribution in [-0.4, -0.2) is 17.5 Å². The van der Waals surface area contributed by atoms with E-state index in [2.05, 4.69) is 36.5 Å². The van der Waals surface area contributed by atoms with Crippen LogP contribution in [0, 0.1) is 0 Å². The van der Waals surface area contributed by atoms with Crippen molar-refractivity contribution in [3.63, 3.8) is 0 Å². The maximum atomic E-state index is 3.58. The molecule has 1 heterocycles. The molecule has 0 spiro atoms. The predicted molar refractivity (Wildman–Crippen MR) is 60.6 cm³/mol. The molecule has 70 valence electrons. The Labute approximate surface area is 83.9 Å². The maximum absolute atomic E-state index is 3.58.